The highest BCUT2D eigenvalue weighted by Crippen LogP contribution is 2.12. The normalized spacial score (nSPS) is 9.90. The molecule has 1 aromatic rings. The van der Waals surface area contributed by atoms with Gasteiger partial charge in [0.2, 0.25) is 0 Å². The van der Waals surface area contributed by atoms with Crippen molar-refractivity contribution in [2.45, 2.75) is 26.7 Å². The van der Waals surface area contributed by atoms with Crippen LogP contribution in [0.2, 0.25) is 0 Å². The summed E-state index contributed by atoms with van der Waals surface area (Å²) in [6.45, 7) is 4.67. The van der Waals surface area contributed by atoms with E-state index in [1.807, 2.05) is 0 Å². The van der Waals surface area contributed by atoms with Gasteiger partial charge >= 0.3 is 5.97 Å². The Bertz CT molecular complexity index is 428. The van der Waals surface area contributed by atoms with Crippen LogP contribution in [-0.2, 0) is 9.53 Å². The molecule has 0 aromatic heterocycles. The monoisotopic (exact) mass is 279 g/mol. The van der Waals surface area contributed by atoms with Gasteiger partial charge < -0.3 is 14.8 Å². The second-order valence-corrected chi connectivity index (χ2v) is 4.21. The highest BCUT2D eigenvalue weighted by Gasteiger charge is 2.08. The second kappa shape index (κ2) is 8.96. The summed E-state index contributed by atoms with van der Waals surface area (Å²) in [5.74, 6) is -0.0149. The summed E-state index contributed by atoms with van der Waals surface area (Å²) in [5, 5.41) is 2.50. The molecule has 1 N–H and O–H groups in total. The maximum absolute atomic E-state index is 11.8. The summed E-state index contributed by atoms with van der Waals surface area (Å²) in [5.41, 5.74) is 0.483. The third-order valence-corrected chi connectivity index (χ3v) is 2.58. The maximum atomic E-state index is 11.8. The number of amides is 1. The van der Waals surface area contributed by atoms with Crippen LogP contribution in [0, 0.1) is 0 Å². The van der Waals surface area contributed by atoms with Crippen LogP contribution >= 0.6 is 0 Å². The number of esters is 1. The molecule has 20 heavy (non-hydrogen) atoms. The average Bonchev–Trinajstić information content (AvgIpc) is 2.46. The van der Waals surface area contributed by atoms with E-state index in [2.05, 4.69) is 12.2 Å². The van der Waals surface area contributed by atoms with Crippen LogP contribution < -0.4 is 10.1 Å². The summed E-state index contributed by atoms with van der Waals surface area (Å²) in [6.07, 6.45) is 2.08. The topological polar surface area (TPSA) is 64.6 Å². The lowest BCUT2D eigenvalue weighted by Gasteiger charge is -2.07. The highest BCUT2D eigenvalue weighted by atomic mass is 16.5. The SMILES string of the molecule is CCCCOc1ccc(C(=O)NCC(=O)OCC)cc1. The molecular weight excluding hydrogens is 258 g/mol. The molecule has 0 spiro atoms. The van der Waals surface area contributed by atoms with Crippen LogP contribution in [0.4, 0.5) is 0 Å². The molecule has 1 aromatic carbocycles. The molecule has 5 heteroatoms. The van der Waals surface area contributed by atoms with Crippen molar-refractivity contribution in [1.29, 1.82) is 0 Å². The lowest BCUT2D eigenvalue weighted by atomic mass is 10.2. The van der Waals surface area contributed by atoms with Crippen molar-refractivity contribution in [3.05, 3.63) is 29.8 Å². The van der Waals surface area contributed by atoms with Gasteiger partial charge in [-0.1, -0.05) is 13.3 Å². The van der Waals surface area contributed by atoms with E-state index in [0.717, 1.165) is 18.6 Å². The van der Waals surface area contributed by atoms with Crippen molar-refractivity contribution < 1.29 is 19.1 Å². The first-order valence-electron chi connectivity index (χ1n) is 6.84. The Morgan fingerprint density at radius 1 is 1.15 bits per heavy atom. The Balaban J connectivity index is 2.42. The number of carbonyl (C=O) groups excluding carboxylic acids is 2. The number of hydrogen-bond acceptors (Lipinski definition) is 4. The first kappa shape index (κ1) is 16.0. The van der Waals surface area contributed by atoms with E-state index in [4.69, 9.17) is 9.47 Å². The van der Waals surface area contributed by atoms with E-state index < -0.39 is 5.97 Å². The van der Waals surface area contributed by atoms with Crippen molar-refractivity contribution in [3.63, 3.8) is 0 Å². The first-order chi connectivity index (χ1) is 9.67. The molecule has 1 rings (SSSR count). The number of unbranched alkanes of at least 4 members (excludes halogenated alkanes) is 1. The minimum absolute atomic E-state index is 0.124. The predicted molar refractivity (Wildman–Crippen MR) is 75.8 cm³/mol. The van der Waals surface area contributed by atoms with Crippen LogP contribution in [0.5, 0.6) is 5.75 Å². The highest BCUT2D eigenvalue weighted by molar-refractivity contribution is 5.95. The smallest absolute Gasteiger partial charge is 0.325 e. The van der Waals surface area contributed by atoms with Gasteiger partial charge in [-0.2, -0.15) is 0 Å². The zero-order valence-corrected chi connectivity index (χ0v) is 12.0. The van der Waals surface area contributed by atoms with E-state index in [1.165, 1.54) is 0 Å². The molecule has 0 unspecified atom stereocenters. The molecule has 5 nitrogen and oxygen atoms in total. The van der Waals surface area contributed by atoms with E-state index >= 15 is 0 Å². The first-order valence-corrected chi connectivity index (χ1v) is 6.84. The number of hydrogen-bond donors (Lipinski definition) is 1. The summed E-state index contributed by atoms with van der Waals surface area (Å²) in [6, 6.07) is 6.83. The number of rotatable bonds is 8. The average molecular weight is 279 g/mol. The van der Waals surface area contributed by atoms with Crippen LogP contribution in [-0.4, -0.2) is 31.6 Å². The van der Waals surface area contributed by atoms with Gasteiger partial charge in [0.15, 0.2) is 0 Å². The number of ether oxygens (including phenoxy) is 2. The Kier molecular flexibility index (Phi) is 7.17. The molecule has 1 amide bonds. The molecule has 0 heterocycles. The Morgan fingerprint density at radius 2 is 1.85 bits per heavy atom. The van der Waals surface area contributed by atoms with Crippen molar-refractivity contribution >= 4 is 11.9 Å². The van der Waals surface area contributed by atoms with E-state index in [1.54, 1.807) is 31.2 Å². The van der Waals surface area contributed by atoms with Gasteiger partial charge in [-0.3, -0.25) is 9.59 Å². The summed E-state index contributed by atoms with van der Waals surface area (Å²) < 4.78 is 10.2. The molecule has 0 aliphatic heterocycles. The lowest BCUT2D eigenvalue weighted by Crippen LogP contribution is -2.30. The molecule has 0 aliphatic carbocycles. The molecule has 0 fully saturated rings. The van der Waals surface area contributed by atoms with Gasteiger partial charge in [-0.25, -0.2) is 0 Å². The molecule has 0 saturated heterocycles. The summed E-state index contributed by atoms with van der Waals surface area (Å²) >= 11 is 0. The van der Waals surface area contributed by atoms with Crippen molar-refractivity contribution in [3.8, 4) is 5.75 Å². The molecule has 0 saturated carbocycles. The minimum Gasteiger partial charge on any atom is -0.494 e. The predicted octanol–water partition coefficient (Wildman–Crippen LogP) is 2.16. The van der Waals surface area contributed by atoms with Crippen LogP contribution in [0.15, 0.2) is 24.3 Å². The molecule has 110 valence electrons. The van der Waals surface area contributed by atoms with Gasteiger partial charge in [-0.05, 0) is 37.6 Å². The van der Waals surface area contributed by atoms with E-state index in [9.17, 15) is 9.59 Å². The Hall–Kier alpha value is -2.04. The lowest BCUT2D eigenvalue weighted by molar-refractivity contribution is -0.141. The summed E-state index contributed by atoms with van der Waals surface area (Å²) in [7, 11) is 0. The van der Waals surface area contributed by atoms with Crippen LogP contribution in [0.1, 0.15) is 37.0 Å². The number of carbonyl (C=O) groups is 2. The number of benzene rings is 1. The zero-order valence-electron chi connectivity index (χ0n) is 12.0. The van der Waals surface area contributed by atoms with Gasteiger partial charge in [0.05, 0.1) is 13.2 Å². The summed E-state index contributed by atoms with van der Waals surface area (Å²) in [4.78, 5) is 22.9. The van der Waals surface area contributed by atoms with Crippen molar-refractivity contribution in [1.82, 2.24) is 5.32 Å². The fourth-order valence-corrected chi connectivity index (χ4v) is 1.50. The third-order valence-electron chi connectivity index (χ3n) is 2.58. The number of nitrogens with one attached hydrogen (secondary N) is 1. The second-order valence-electron chi connectivity index (χ2n) is 4.21. The minimum atomic E-state index is -0.444. The third kappa shape index (κ3) is 5.73. The van der Waals surface area contributed by atoms with Crippen LogP contribution in [0.3, 0.4) is 0 Å². The Labute approximate surface area is 119 Å². The molecule has 0 aliphatic rings. The van der Waals surface area contributed by atoms with Gasteiger partial charge in [0.25, 0.3) is 5.91 Å². The fourth-order valence-electron chi connectivity index (χ4n) is 1.50. The van der Waals surface area contributed by atoms with Gasteiger partial charge in [0.1, 0.15) is 12.3 Å². The van der Waals surface area contributed by atoms with Gasteiger partial charge in [-0.15, -0.1) is 0 Å². The van der Waals surface area contributed by atoms with E-state index in [0.29, 0.717) is 18.8 Å². The van der Waals surface area contributed by atoms with E-state index in [-0.39, 0.29) is 12.5 Å². The molecule has 0 atom stereocenters. The largest absolute Gasteiger partial charge is 0.494 e. The molecule has 0 bridgehead atoms. The zero-order chi connectivity index (χ0) is 14.8. The molecular formula is C15H21NO4. The standard InChI is InChI=1S/C15H21NO4/c1-3-5-10-20-13-8-6-12(7-9-13)15(18)16-11-14(17)19-4-2/h6-9H,3-5,10-11H2,1-2H3,(H,16,18). The van der Waals surface area contributed by atoms with Crippen LogP contribution in [0.25, 0.3) is 0 Å². The van der Waals surface area contributed by atoms with Gasteiger partial charge in [0, 0.05) is 5.56 Å². The Morgan fingerprint density at radius 3 is 2.45 bits per heavy atom. The van der Waals surface area contributed by atoms with Crippen molar-refractivity contribution in [2.75, 3.05) is 19.8 Å². The fraction of sp³-hybridized carbons (Fsp3) is 0.467. The maximum Gasteiger partial charge on any atom is 0.325 e. The van der Waals surface area contributed by atoms with Crippen molar-refractivity contribution in [2.24, 2.45) is 0 Å². The quantitative estimate of drug-likeness (QED) is 0.585. The molecule has 0 radical (unpaired) electrons.